The molecule has 2 N–H and O–H groups in total. The highest BCUT2D eigenvalue weighted by Crippen LogP contribution is 2.17. The van der Waals surface area contributed by atoms with E-state index in [0.29, 0.717) is 22.7 Å². The molecular formula is C10H13BrN2O2. The molecule has 1 aromatic rings. The van der Waals surface area contributed by atoms with Gasteiger partial charge in [0.1, 0.15) is 0 Å². The van der Waals surface area contributed by atoms with Crippen LogP contribution < -0.4 is 10.6 Å². The Morgan fingerprint density at radius 2 is 2.60 bits per heavy atom. The number of halogens is 1. The summed E-state index contributed by atoms with van der Waals surface area (Å²) in [5, 5.41) is 6.12. The maximum absolute atomic E-state index is 11.6. The van der Waals surface area contributed by atoms with Crippen LogP contribution in [0.15, 0.2) is 21.2 Å². The molecule has 82 valence electrons. The Morgan fingerprint density at radius 1 is 1.73 bits per heavy atom. The van der Waals surface area contributed by atoms with E-state index in [0.717, 1.165) is 19.5 Å². The highest BCUT2D eigenvalue weighted by molar-refractivity contribution is 9.10. The lowest BCUT2D eigenvalue weighted by atomic mass is 10.1. The topological polar surface area (TPSA) is 54.3 Å². The lowest BCUT2D eigenvalue weighted by molar-refractivity contribution is 0.0919. The minimum absolute atomic E-state index is 0.154. The number of nitrogens with one attached hydrogen (secondary N) is 2. The molecule has 0 aromatic carbocycles. The largest absolute Gasteiger partial charge is 0.458 e. The number of hydrogen-bond acceptors (Lipinski definition) is 3. The van der Waals surface area contributed by atoms with Crippen molar-refractivity contribution in [3.05, 3.63) is 22.6 Å². The SMILES string of the molecule is O=C(NC[C@H]1CCNC1)c1occc1Br. The highest BCUT2D eigenvalue weighted by atomic mass is 79.9. The van der Waals surface area contributed by atoms with Gasteiger partial charge in [-0.1, -0.05) is 0 Å². The van der Waals surface area contributed by atoms with Crippen molar-refractivity contribution in [2.45, 2.75) is 6.42 Å². The van der Waals surface area contributed by atoms with Gasteiger partial charge in [0.2, 0.25) is 5.76 Å². The Morgan fingerprint density at radius 3 is 3.20 bits per heavy atom. The lowest BCUT2D eigenvalue weighted by Gasteiger charge is -2.08. The Kier molecular flexibility index (Phi) is 3.43. The first kappa shape index (κ1) is 10.7. The number of amides is 1. The van der Waals surface area contributed by atoms with Gasteiger partial charge < -0.3 is 15.1 Å². The number of carbonyl (C=O) groups excluding carboxylic acids is 1. The number of carbonyl (C=O) groups is 1. The monoisotopic (exact) mass is 272 g/mol. The Balaban J connectivity index is 1.84. The molecule has 1 aliphatic heterocycles. The van der Waals surface area contributed by atoms with Crippen LogP contribution in [0, 0.1) is 5.92 Å². The highest BCUT2D eigenvalue weighted by Gasteiger charge is 2.18. The molecule has 0 spiro atoms. The van der Waals surface area contributed by atoms with E-state index in [1.54, 1.807) is 6.07 Å². The van der Waals surface area contributed by atoms with Crippen molar-refractivity contribution in [1.29, 1.82) is 0 Å². The summed E-state index contributed by atoms with van der Waals surface area (Å²) in [6.45, 7) is 2.74. The van der Waals surface area contributed by atoms with Crippen molar-refractivity contribution < 1.29 is 9.21 Å². The van der Waals surface area contributed by atoms with Crippen LogP contribution in [0.4, 0.5) is 0 Å². The summed E-state index contributed by atoms with van der Waals surface area (Å²) in [7, 11) is 0. The minimum Gasteiger partial charge on any atom is -0.458 e. The van der Waals surface area contributed by atoms with Gasteiger partial charge >= 0.3 is 0 Å². The van der Waals surface area contributed by atoms with Crippen LogP contribution in [0.25, 0.3) is 0 Å². The van der Waals surface area contributed by atoms with Crippen LogP contribution in [-0.2, 0) is 0 Å². The van der Waals surface area contributed by atoms with Gasteiger partial charge in [-0.15, -0.1) is 0 Å². The van der Waals surface area contributed by atoms with E-state index in [2.05, 4.69) is 26.6 Å². The van der Waals surface area contributed by atoms with Gasteiger partial charge in [0, 0.05) is 6.54 Å². The summed E-state index contributed by atoms with van der Waals surface area (Å²) in [4.78, 5) is 11.6. The molecule has 1 fully saturated rings. The van der Waals surface area contributed by atoms with Crippen LogP contribution in [0.3, 0.4) is 0 Å². The average Bonchev–Trinajstić information content (AvgIpc) is 2.84. The third-order valence-corrected chi connectivity index (χ3v) is 3.16. The van der Waals surface area contributed by atoms with Crippen molar-refractivity contribution >= 4 is 21.8 Å². The first-order valence-corrected chi connectivity index (χ1v) is 5.78. The van der Waals surface area contributed by atoms with Crippen LogP contribution in [0.5, 0.6) is 0 Å². The second-order valence-corrected chi connectivity index (χ2v) is 4.52. The maximum Gasteiger partial charge on any atom is 0.288 e. The van der Waals surface area contributed by atoms with Crippen LogP contribution in [0.2, 0.25) is 0 Å². The van der Waals surface area contributed by atoms with Crippen molar-refractivity contribution in [2.75, 3.05) is 19.6 Å². The molecule has 1 atom stereocenters. The van der Waals surface area contributed by atoms with Crippen LogP contribution in [0.1, 0.15) is 17.0 Å². The fourth-order valence-corrected chi connectivity index (χ4v) is 2.04. The predicted octanol–water partition coefficient (Wildman–Crippen LogP) is 1.38. The van der Waals surface area contributed by atoms with Gasteiger partial charge in [0.25, 0.3) is 5.91 Å². The van der Waals surface area contributed by atoms with Crippen LogP contribution in [-0.4, -0.2) is 25.5 Å². The summed E-state index contributed by atoms with van der Waals surface area (Å²) >= 11 is 3.25. The molecular weight excluding hydrogens is 260 g/mol. The second-order valence-electron chi connectivity index (χ2n) is 3.67. The third-order valence-electron chi connectivity index (χ3n) is 2.54. The molecule has 1 saturated heterocycles. The zero-order valence-electron chi connectivity index (χ0n) is 8.25. The van der Waals surface area contributed by atoms with Gasteiger partial charge in [-0.2, -0.15) is 0 Å². The number of hydrogen-bond donors (Lipinski definition) is 2. The molecule has 0 aliphatic carbocycles. The predicted molar refractivity (Wildman–Crippen MR) is 59.7 cm³/mol. The quantitative estimate of drug-likeness (QED) is 0.874. The first-order valence-electron chi connectivity index (χ1n) is 4.99. The average molecular weight is 273 g/mol. The Hall–Kier alpha value is -0.810. The summed E-state index contributed by atoms with van der Waals surface area (Å²) in [5.41, 5.74) is 0. The fraction of sp³-hybridized carbons (Fsp3) is 0.500. The summed E-state index contributed by atoms with van der Waals surface area (Å²) in [6.07, 6.45) is 2.62. The summed E-state index contributed by atoms with van der Waals surface area (Å²) < 4.78 is 5.77. The summed E-state index contributed by atoms with van der Waals surface area (Å²) in [6, 6.07) is 1.71. The zero-order chi connectivity index (χ0) is 10.7. The lowest BCUT2D eigenvalue weighted by Crippen LogP contribution is -2.30. The van der Waals surface area contributed by atoms with E-state index >= 15 is 0 Å². The molecule has 1 aromatic heterocycles. The maximum atomic E-state index is 11.6. The molecule has 2 heterocycles. The molecule has 0 unspecified atom stereocenters. The normalized spacial score (nSPS) is 20.5. The molecule has 0 bridgehead atoms. The minimum atomic E-state index is -0.154. The number of furan rings is 1. The van der Waals surface area contributed by atoms with E-state index in [1.807, 2.05) is 0 Å². The van der Waals surface area contributed by atoms with Gasteiger partial charge in [-0.3, -0.25) is 4.79 Å². The second kappa shape index (κ2) is 4.81. The molecule has 0 saturated carbocycles. The Bertz CT molecular complexity index is 345. The zero-order valence-corrected chi connectivity index (χ0v) is 9.84. The van der Waals surface area contributed by atoms with Gasteiger partial charge in [-0.05, 0) is 47.4 Å². The molecule has 15 heavy (non-hydrogen) atoms. The summed E-state index contributed by atoms with van der Waals surface area (Å²) in [5.74, 6) is 0.738. The van der Waals surface area contributed by atoms with E-state index < -0.39 is 0 Å². The number of rotatable bonds is 3. The molecule has 1 aliphatic rings. The molecule has 0 radical (unpaired) electrons. The van der Waals surface area contributed by atoms with Crippen molar-refractivity contribution in [1.82, 2.24) is 10.6 Å². The van der Waals surface area contributed by atoms with Crippen molar-refractivity contribution in [3.63, 3.8) is 0 Å². The van der Waals surface area contributed by atoms with E-state index in [4.69, 9.17) is 4.42 Å². The molecule has 1 amide bonds. The van der Waals surface area contributed by atoms with E-state index in [-0.39, 0.29) is 5.91 Å². The van der Waals surface area contributed by atoms with E-state index in [1.165, 1.54) is 6.26 Å². The molecule has 5 heteroatoms. The van der Waals surface area contributed by atoms with Gasteiger partial charge in [0.15, 0.2) is 0 Å². The van der Waals surface area contributed by atoms with Crippen LogP contribution >= 0.6 is 15.9 Å². The molecule has 4 nitrogen and oxygen atoms in total. The Labute approximate surface area is 96.5 Å². The van der Waals surface area contributed by atoms with Crippen molar-refractivity contribution in [3.8, 4) is 0 Å². The molecule has 2 rings (SSSR count). The van der Waals surface area contributed by atoms with Crippen molar-refractivity contribution in [2.24, 2.45) is 5.92 Å². The van der Waals surface area contributed by atoms with E-state index in [9.17, 15) is 4.79 Å². The smallest absolute Gasteiger partial charge is 0.288 e. The standard InChI is InChI=1S/C10H13BrN2O2/c11-8-2-4-15-9(8)10(14)13-6-7-1-3-12-5-7/h2,4,7,12H,1,3,5-6H2,(H,13,14)/t7-/m0/s1. The third kappa shape index (κ3) is 2.60. The van der Waals surface area contributed by atoms with Gasteiger partial charge in [-0.25, -0.2) is 0 Å². The van der Waals surface area contributed by atoms with Gasteiger partial charge in [0.05, 0.1) is 10.7 Å². The first-order chi connectivity index (χ1) is 7.27. The fourth-order valence-electron chi connectivity index (χ4n) is 1.66.